The molecule has 0 amide bonds. The van der Waals surface area contributed by atoms with Crippen LogP contribution in [0.25, 0.3) is 0 Å². The summed E-state index contributed by atoms with van der Waals surface area (Å²) in [5, 5.41) is 12.4. The van der Waals surface area contributed by atoms with Gasteiger partial charge in [0.25, 0.3) is 0 Å². The lowest BCUT2D eigenvalue weighted by Crippen LogP contribution is -2.20. The molecule has 1 N–H and O–H groups in total. The monoisotopic (exact) mass is 259 g/mol. The summed E-state index contributed by atoms with van der Waals surface area (Å²) in [6.07, 6.45) is 3.47. The van der Waals surface area contributed by atoms with Crippen molar-refractivity contribution in [2.75, 3.05) is 25.1 Å². The molecular weight excluding hydrogens is 238 g/mol. The maximum atomic E-state index is 9.13. The first-order valence-corrected chi connectivity index (χ1v) is 6.90. The fourth-order valence-electron chi connectivity index (χ4n) is 2.36. The first-order chi connectivity index (χ1) is 9.20. The normalized spacial score (nSPS) is 18.9. The van der Waals surface area contributed by atoms with Crippen LogP contribution in [0.4, 0.5) is 5.82 Å². The average Bonchev–Trinajstić information content (AvgIpc) is 2.43. The summed E-state index contributed by atoms with van der Waals surface area (Å²) < 4.78 is 5.47. The van der Waals surface area contributed by atoms with E-state index in [1.165, 1.54) is 6.42 Å². The van der Waals surface area contributed by atoms with Crippen molar-refractivity contribution in [2.24, 2.45) is 5.92 Å². The second-order valence-corrected chi connectivity index (χ2v) is 5.20. The Balaban J connectivity index is 1.92. The Labute approximate surface area is 114 Å². The molecule has 1 fully saturated rings. The molecule has 1 aliphatic rings. The van der Waals surface area contributed by atoms with Crippen LogP contribution in [0, 0.1) is 31.1 Å². The number of ether oxygens (including phenoxy) is 1. The van der Waals surface area contributed by atoms with Crippen molar-refractivity contribution in [3.63, 3.8) is 0 Å². The van der Waals surface area contributed by atoms with Gasteiger partial charge in [0, 0.05) is 25.5 Å². The summed E-state index contributed by atoms with van der Waals surface area (Å²) in [6.45, 7) is 6.57. The molecule has 4 nitrogen and oxygen atoms in total. The highest BCUT2D eigenvalue weighted by Crippen LogP contribution is 2.19. The van der Waals surface area contributed by atoms with E-state index < -0.39 is 0 Å². The number of hydrogen-bond donors (Lipinski definition) is 1. The van der Waals surface area contributed by atoms with Gasteiger partial charge in [-0.15, -0.1) is 0 Å². The van der Waals surface area contributed by atoms with Crippen LogP contribution < -0.4 is 5.32 Å². The van der Waals surface area contributed by atoms with Gasteiger partial charge >= 0.3 is 0 Å². The van der Waals surface area contributed by atoms with E-state index in [1.54, 1.807) is 0 Å². The highest BCUT2D eigenvalue weighted by atomic mass is 16.5. The average molecular weight is 259 g/mol. The summed E-state index contributed by atoms with van der Waals surface area (Å²) in [5.41, 5.74) is 2.66. The first kappa shape index (κ1) is 13.8. The quantitative estimate of drug-likeness (QED) is 0.903. The smallest absolute Gasteiger partial charge is 0.144 e. The number of rotatable bonds is 4. The first-order valence-electron chi connectivity index (χ1n) is 6.90. The van der Waals surface area contributed by atoms with Gasteiger partial charge in [0.15, 0.2) is 0 Å². The maximum absolute atomic E-state index is 9.13. The van der Waals surface area contributed by atoms with Gasteiger partial charge in [0.05, 0.1) is 5.56 Å². The molecule has 0 saturated carbocycles. The van der Waals surface area contributed by atoms with Gasteiger partial charge in [-0.2, -0.15) is 5.26 Å². The zero-order valence-electron chi connectivity index (χ0n) is 11.7. The van der Waals surface area contributed by atoms with E-state index in [1.807, 2.05) is 19.9 Å². The standard InChI is InChI=1S/C15H21N3O/c1-11-8-14(9-16)15(18-12(11)2)17-6-5-13-4-3-7-19-10-13/h8,13H,3-7,10H2,1-2H3,(H,17,18). The maximum Gasteiger partial charge on any atom is 0.144 e. The Morgan fingerprint density at radius 2 is 2.37 bits per heavy atom. The number of nitrogens with zero attached hydrogens (tertiary/aromatic N) is 2. The lowest BCUT2D eigenvalue weighted by Gasteiger charge is -2.22. The minimum Gasteiger partial charge on any atom is -0.381 e. The van der Waals surface area contributed by atoms with Crippen molar-refractivity contribution in [1.82, 2.24) is 4.98 Å². The van der Waals surface area contributed by atoms with Gasteiger partial charge in [-0.3, -0.25) is 0 Å². The molecule has 19 heavy (non-hydrogen) atoms. The van der Waals surface area contributed by atoms with Crippen molar-refractivity contribution >= 4 is 5.82 Å². The molecule has 1 unspecified atom stereocenters. The van der Waals surface area contributed by atoms with E-state index in [2.05, 4.69) is 16.4 Å². The number of aromatic nitrogens is 1. The molecule has 0 bridgehead atoms. The minimum atomic E-state index is 0.628. The molecule has 1 aliphatic heterocycles. The number of anilines is 1. The molecule has 0 aliphatic carbocycles. The van der Waals surface area contributed by atoms with Crippen LogP contribution in [0.3, 0.4) is 0 Å². The number of nitriles is 1. The molecular formula is C15H21N3O. The van der Waals surface area contributed by atoms with Gasteiger partial charge in [-0.05, 0) is 50.7 Å². The van der Waals surface area contributed by atoms with E-state index in [9.17, 15) is 0 Å². The highest BCUT2D eigenvalue weighted by Gasteiger charge is 2.14. The number of nitrogens with one attached hydrogen (secondary N) is 1. The highest BCUT2D eigenvalue weighted by molar-refractivity contribution is 5.53. The Morgan fingerprint density at radius 1 is 1.53 bits per heavy atom. The fraction of sp³-hybridized carbons (Fsp3) is 0.600. The topological polar surface area (TPSA) is 57.9 Å². The summed E-state index contributed by atoms with van der Waals surface area (Å²) in [4.78, 5) is 4.46. The lowest BCUT2D eigenvalue weighted by atomic mass is 9.99. The summed E-state index contributed by atoms with van der Waals surface area (Å²) >= 11 is 0. The minimum absolute atomic E-state index is 0.628. The Kier molecular flexibility index (Phi) is 4.75. The van der Waals surface area contributed by atoms with Gasteiger partial charge in [0.2, 0.25) is 0 Å². The van der Waals surface area contributed by atoms with E-state index in [0.29, 0.717) is 17.3 Å². The molecule has 0 radical (unpaired) electrons. The molecule has 1 atom stereocenters. The van der Waals surface area contributed by atoms with Crippen LogP contribution in [0.2, 0.25) is 0 Å². The van der Waals surface area contributed by atoms with Crippen molar-refractivity contribution in [2.45, 2.75) is 33.1 Å². The molecule has 0 spiro atoms. The van der Waals surface area contributed by atoms with E-state index in [4.69, 9.17) is 10.00 Å². The fourth-order valence-corrected chi connectivity index (χ4v) is 2.36. The second kappa shape index (κ2) is 6.53. The van der Waals surface area contributed by atoms with Gasteiger partial charge < -0.3 is 10.1 Å². The Bertz CT molecular complexity index is 473. The van der Waals surface area contributed by atoms with Gasteiger partial charge in [-0.1, -0.05) is 0 Å². The molecule has 1 aromatic rings. The second-order valence-electron chi connectivity index (χ2n) is 5.20. The molecule has 2 heterocycles. The predicted octanol–water partition coefficient (Wildman–Crippen LogP) is 2.80. The Hall–Kier alpha value is -1.60. The summed E-state index contributed by atoms with van der Waals surface area (Å²) in [7, 11) is 0. The number of pyridine rings is 1. The zero-order chi connectivity index (χ0) is 13.7. The molecule has 2 rings (SSSR count). The van der Waals surface area contributed by atoms with Crippen LogP contribution in [-0.2, 0) is 4.74 Å². The van der Waals surface area contributed by atoms with Crippen LogP contribution in [0.15, 0.2) is 6.07 Å². The Morgan fingerprint density at radius 3 is 3.05 bits per heavy atom. The summed E-state index contributed by atoms with van der Waals surface area (Å²) in [5.74, 6) is 1.35. The van der Waals surface area contributed by atoms with E-state index in [-0.39, 0.29) is 0 Å². The number of hydrogen-bond acceptors (Lipinski definition) is 4. The van der Waals surface area contributed by atoms with Gasteiger partial charge in [-0.25, -0.2) is 4.98 Å². The summed E-state index contributed by atoms with van der Waals surface area (Å²) in [6, 6.07) is 4.10. The third kappa shape index (κ3) is 3.68. The van der Waals surface area contributed by atoms with Crippen LogP contribution in [0.5, 0.6) is 0 Å². The van der Waals surface area contributed by atoms with Crippen LogP contribution in [0.1, 0.15) is 36.1 Å². The van der Waals surface area contributed by atoms with Crippen molar-refractivity contribution in [3.8, 4) is 6.07 Å². The molecule has 1 aromatic heterocycles. The molecule has 4 heteroatoms. The third-order valence-corrected chi connectivity index (χ3v) is 3.69. The van der Waals surface area contributed by atoms with Crippen LogP contribution in [-0.4, -0.2) is 24.7 Å². The van der Waals surface area contributed by atoms with Crippen molar-refractivity contribution in [1.29, 1.82) is 5.26 Å². The van der Waals surface area contributed by atoms with Crippen LogP contribution >= 0.6 is 0 Å². The number of aryl methyl sites for hydroxylation is 2. The SMILES string of the molecule is Cc1cc(C#N)c(NCCC2CCCOC2)nc1C. The van der Waals surface area contributed by atoms with E-state index >= 15 is 0 Å². The lowest BCUT2D eigenvalue weighted by molar-refractivity contribution is 0.0530. The zero-order valence-corrected chi connectivity index (χ0v) is 11.7. The largest absolute Gasteiger partial charge is 0.381 e. The molecule has 0 aromatic carbocycles. The third-order valence-electron chi connectivity index (χ3n) is 3.69. The predicted molar refractivity (Wildman–Crippen MR) is 75.1 cm³/mol. The van der Waals surface area contributed by atoms with Crippen molar-refractivity contribution in [3.05, 3.63) is 22.9 Å². The molecule has 1 saturated heterocycles. The van der Waals surface area contributed by atoms with Gasteiger partial charge in [0.1, 0.15) is 11.9 Å². The van der Waals surface area contributed by atoms with Crippen molar-refractivity contribution < 1.29 is 4.74 Å². The van der Waals surface area contributed by atoms with E-state index in [0.717, 1.165) is 43.9 Å². The molecule has 102 valence electrons.